The molecular weight excluding hydrogens is 399 g/mol. The molecule has 2 aromatic heterocycles. The number of imide groups is 1. The van der Waals surface area contributed by atoms with Crippen LogP contribution in [0, 0.1) is 19.7 Å². The summed E-state index contributed by atoms with van der Waals surface area (Å²) in [7, 11) is 1.41. The van der Waals surface area contributed by atoms with Gasteiger partial charge >= 0.3 is 0 Å². The number of aryl methyl sites for hydroxylation is 2. The maximum absolute atomic E-state index is 14.6. The van der Waals surface area contributed by atoms with Crippen LogP contribution in [0.25, 0.3) is 11.3 Å². The molecule has 0 radical (unpaired) electrons. The summed E-state index contributed by atoms with van der Waals surface area (Å²) in [5, 5.41) is 2.60. The van der Waals surface area contributed by atoms with Gasteiger partial charge in [0.1, 0.15) is 5.69 Å². The number of pyridine rings is 2. The Balaban J connectivity index is 1.56. The Morgan fingerprint density at radius 1 is 1.03 bits per heavy atom. The van der Waals surface area contributed by atoms with Gasteiger partial charge in [0.05, 0.1) is 29.4 Å². The first-order valence-electron chi connectivity index (χ1n) is 9.58. The SMILES string of the molecule is Cc1cncc(-c2ncc(NC(=O)Cc3cc(C)cc4c3C(=O)N(C)C4=O)cc2F)c1. The van der Waals surface area contributed by atoms with Crippen molar-refractivity contribution in [1.29, 1.82) is 0 Å². The number of benzene rings is 1. The summed E-state index contributed by atoms with van der Waals surface area (Å²) in [4.78, 5) is 46.5. The molecule has 0 saturated carbocycles. The fourth-order valence-electron chi connectivity index (χ4n) is 3.64. The number of hydrogen-bond acceptors (Lipinski definition) is 5. The zero-order valence-corrected chi connectivity index (χ0v) is 17.2. The van der Waals surface area contributed by atoms with Gasteiger partial charge in [0, 0.05) is 31.1 Å². The Labute approximate surface area is 177 Å². The minimum Gasteiger partial charge on any atom is -0.324 e. The molecule has 1 aromatic carbocycles. The lowest BCUT2D eigenvalue weighted by atomic mass is 9.97. The number of nitrogens with one attached hydrogen (secondary N) is 1. The zero-order valence-electron chi connectivity index (χ0n) is 17.2. The molecular formula is C23H19FN4O3. The van der Waals surface area contributed by atoms with E-state index < -0.39 is 23.5 Å². The molecule has 0 unspecified atom stereocenters. The van der Waals surface area contributed by atoms with Gasteiger partial charge in [-0.25, -0.2) is 4.39 Å². The van der Waals surface area contributed by atoms with E-state index in [0.717, 1.165) is 16.0 Å². The van der Waals surface area contributed by atoms with Crippen LogP contribution in [0.2, 0.25) is 0 Å². The van der Waals surface area contributed by atoms with Gasteiger partial charge in [0.15, 0.2) is 5.82 Å². The second kappa shape index (κ2) is 7.71. The Hall–Kier alpha value is -3.94. The lowest BCUT2D eigenvalue weighted by Crippen LogP contribution is -2.24. The van der Waals surface area contributed by atoms with E-state index in [1.54, 1.807) is 31.3 Å². The van der Waals surface area contributed by atoms with Crippen molar-refractivity contribution < 1.29 is 18.8 Å². The lowest BCUT2D eigenvalue weighted by molar-refractivity contribution is -0.115. The summed E-state index contributed by atoms with van der Waals surface area (Å²) in [5.41, 5.74) is 3.49. The molecule has 0 bridgehead atoms. The smallest absolute Gasteiger partial charge is 0.261 e. The molecule has 0 saturated heterocycles. The van der Waals surface area contributed by atoms with Gasteiger partial charge in [0.2, 0.25) is 5.91 Å². The van der Waals surface area contributed by atoms with Crippen molar-refractivity contribution >= 4 is 23.4 Å². The Kier molecular flexibility index (Phi) is 5.06. The highest BCUT2D eigenvalue weighted by molar-refractivity contribution is 6.22. The normalized spacial score (nSPS) is 12.8. The molecule has 156 valence electrons. The maximum Gasteiger partial charge on any atom is 0.261 e. The van der Waals surface area contributed by atoms with Crippen molar-refractivity contribution in [2.75, 3.05) is 12.4 Å². The van der Waals surface area contributed by atoms with E-state index in [1.165, 1.54) is 25.5 Å². The van der Waals surface area contributed by atoms with Gasteiger partial charge in [-0.1, -0.05) is 6.07 Å². The summed E-state index contributed by atoms with van der Waals surface area (Å²) in [6, 6.07) is 6.30. The molecule has 1 aliphatic rings. The third-order valence-corrected chi connectivity index (χ3v) is 5.04. The molecule has 1 N–H and O–H groups in total. The molecule has 3 aromatic rings. The largest absolute Gasteiger partial charge is 0.324 e. The van der Waals surface area contributed by atoms with Gasteiger partial charge < -0.3 is 5.32 Å². The van der Waals surface area contributed by atoms with Crippen LogP contribution in [0.4, 0.5) is 10.1 Å². The number of amides is 3. The lowest BCUT2D eigenvalue weighted by Gasteiger charge is -2.10. The summed E-state index contributed by atoms with van der Waals surface area (Å²) in [5.74, 6) is -1.87. The fraction of sp³-hybridized carbons (Fsp3) is 0.174. The molecule has 0 atom stereocenters. The molecule has 0 aliphatic carbocycles. The van der Waals surface area contributed by atoms with E-state index in [1.807, 2.05) is 6.92 Å². The third kappa shape index (κ3) is 3.79. The van der Waals surface area contributed by atoms with Gasteiger partial charge in [-0.15, -0.1) is 0 Å². The summed E-state index contributed by atoms with van der Waals surface area (Å²) in [6.45, 7) is 3.64. The molecule has 0 spiro atoms. The average molecular weight is 418 g/mol. The van der Waals surface area contributed by atoms with Crippen molar-refractivity contribution in [3.05, 3.63) is 76.5 Å². The zero-order chi connectivity index (χ0) is 22.3. The van der Waals surface area contributed by atoms with Gasteiger partial charge in [0.25, 0.3) is 11.8 Å². The number of carbonyl (C=O) groups excluding carboxylic acids is 3. The molecule has 1 aliphatic heterocycles. The highest BCUT2D eigenvalue weighted by Gasteiger charge is 2.35. The van der Waals surface area contributed by atoms with Gasteiger partial charge in [-0.05, 0) is 42.7 Å². The third-order valence-electron chi connectivity index (χ3n) is 5.04. The van der Waals surface area contributed by atoms with E-state index >= 15 is 0 Å². The van der Waals surface area contributed by atoms with Crippen LogP contribution < -0.4 is 5.32 Å². The van der Waals surface area contributed by atoms with E-state index in [4.69, 9.17) is 0 Å². The monoisotopic (exact) mass is 418 g/mol. The second-order valence-corrected chi connectivity index (χ2v) is 7.55. The molecule has 3 heterocycles. The van der Waals surface area contributed by atoms with Crippen LogP contribution in [0.15, 0.2) is 42.9 Å². The van der Waals surface area contributed by atoms with E-state index in [2.05, 4.69) is 15.3 Å². The predicted molar refractivity (Wildman–Crippen MR) is 112 cm³/mol. The highest BCUT2D eigenvalue weighted by Crippen LogP contribution is 2.28. The minimum atomic E-state index is -0.593. The second-order valence-electron chi connectivity index (χ2n) is 7.55. The topological polar surface area (TPSA) is 92.3 Å². The summed E-state index contributed by atoms with van der Waals surface area (Å²) in [6.07, 6.45) is 4.40. The van der Waals surface area contributed by atoms with Gasteiger partial charge in [-0.3, -0.25) is 29.3 Å². The molecule has 0 fully saturated rings. The number of rotatable bonds is 4. The number of aromatic nitrogens is 2. The molecule has 7 nitrogen and oxygen atoms in total. The van der Waals surface area contributed by atoms with Crippen LogP contribution in [-0.4, -0.2) is 39.6 Å². The molecule has 4 rings (SSSR count). The summed E-state index contributed by atoms with van der Waals surface area (Å²) < 4.78 is 14.6. The number of anilines is 1. The van der Waals surface area contributed by atoms with E-state index in [0.29, 0.717) is 16.7 Å². The Morgan fingerprint density at radius 2 is 1.81 bits per heavy atom. The molecule has 8 heteroatoms. The van der Waals surface area contributed by atoms with Crippen molar-refractivity contribution in [2.45, 2.75) is 20.3 Å². The van der Waals surface area contributed by atoms with Crippen LogP contribution >= 0.6 is 0 Å². The van der Waals surface area contributed by atoms with Gasteiger partial charge in [-0.2, -0.15) is 0 Å². The number of halogens is 1. The van der Waals surface area contributed by atoms with Crippen molar-refractivity contribution in [3.63, 3.8) is 0 Å². The number of carbonyl (C=O) groups is 3. The van der Waals surface area contributed by atoms with Crippen molar-refractivity contribution in [2.24, 2.45) is 0 Å². The van der Waals surface area contributed by atoms with Crippen LogP contribution in [0.1, 0.15) is 37.4 Å². The predicted octanol–water partition coefficient (Wildman–Crippen LogP) is 3.31. The van der Waals surface area contributed by atoms with Crippen LogP contribution in [-0.2, 0) is 11.2 Å². The standard InChI is InChI=1S/C23H19FN4O3/c1-12-4-14(20-17(6-12)22(30)28(3)23(20)31)7-19(29)27-16-8-18(24)21(26-11-16)15-5-13(2)9-25-10-15/h4-6,8-11H,7H2,1-3H3,(H,27,29). The number of fused-ring (bicyclic) bond motifs is 1. The first kappa shape index (κ1) is 20.3. The fourth-order valence-corrected chi connectivity index (χ4v) is 3.64. The summed E-state index contributed by atoms with van der Waals surface area (Å²) >= 11 is 0. The Morgan fingerprint density at radius 3 is 2.52 bits per heavy atom. The van der Waals surface area contributed by atoms with Crippen LogP contribution in [0.5, 0.6) is 0 Å². The maximum atomic E-state index is 14.6. The first-order chi connectivity index (χ1) is 14.7. The average Bonchev–Trinajstić information content (AvgIpc) is 2.92. The Bertz CT molecular complexity index is 1260. The van der Waals surface area contributed by atoms with E-state index in [-0.39, 0.29) is 23.4 Å². The molecule has 31 heavy (non-hydrogen) atoms. The highest BCUT2D eigenvalue weighted by atomic mass is 19.1. The number of hydrogen-bond donors (Lipinski definition) is 1. The van der Waals surface area contributed by atoms with Crippen molar-refractivity contribution in [1.82, 2.24) is 14.9 Å². The van der Waals surface area contributed by atoms with E-state index in [9.17, 15) is 18.8 Å². The number of nitrogens with zero attached hydrogens (tertiary/aromatic N) is 3. The van der Waals surface area contributed by atoms with Crippen molar-refractivity contribution in [3.8, 4) is 11.3 Å². The first-order valence-corrected chi connectivity index (χ1v) is 9.58. The van der Waals surface area contributed by atoms with Crippen LogP contribution in [0.3, 0.4) is 0 Å². The molecule has 3 amide bonds. The quantitative estimate of drug-likeness (QED) is 0.657. The minimum absolute atomic E-state index is 0.137.